The molecule has 1 aliphatic heterocycles. The fourth-order valence-electron chi connectivity index (χ4n) is 2.70. The van der Waals surface area contributed by atoms with Crippen molar-refractivity contribution in [1.82, 2.24) is 0 Å². The standard InChI is InChI=1S/C18H21ClO5/c1-9-5-4-6-10(2)18(23)16-12(7-15(22)24-11(9)3)17(19)14(21)8-13(16)20/h6,8-9,11,20-21H,4-5,7H2,1-3H3/b10-6+. The van der Waals surface area contributed by atoms with E-state index in [0.717, 1.165) is 12.5 Å². The number of carbonyl (C=O) groups is 2. The molecule has 0 saturated carbocycles. The van der Waals surface area contributed by atoms with Gasteiger partial charge in [-0.15, -0.1) is 0 Å². The van der Waals surface area contributed by atoms with Crippen molar-refractivity contribution in [3.05, 3.63) is 33.9 Å². The van der Waals surface area contributed by atoms with Crippen molar-refractivity contribution in [3.63, 3.8) is 0 Å². The van der Waals surface area contributed by atoms with Crippen LogP contribution in [0.5, 0.6) is 11.5 Å². The van der Waals surface area contributed by atoms with Gasteiger partial charge < -0.3 is 14.9 Å². The summed E-state index contributed by atoms with van der Waals surface area (Å²) in [6.45, 7) is 5.45. The second kappa shape index (κ2) is 7.26. The first-order valence-corrected chi connectivity index (χ1v) is 8.24. The van der Waals surface area contributed by atoms with Crippen LogP contribution in [0.15, 0.2) is 17.7 Å². The molecule has 2 rings (SSSR count). The van der Waals surface area contributed by atoms with Gasteiger partial charge in [0.25, 0.3) is 0 Å². The maximum absolute atomic E-state index is 12.7. The zero-order chi connectivity index (χ0) is 18.0. The Balaban J connectivity index is 2.59. The molecule has 0 aliphatic carbocycles. The number of carbonyl (C=O) groups excluding carboxylic acids is 2. The van der Waals surface area contributed by atoms with E-state index in [0.29, 0.717) is 12.0 Å². The normalized spacial score (nSPS) is 24.9. The van der Waals surface area contributed by atoms with Gasteiger partial charge >= 0.3 is 5.97 Å². The van der Waals surface area contributed by atoms with E-state index in [2.05, 4.69) is 0 Å². The van der Waals surface area contributed by atoms with Crippen LogP contribution in [-0.4, -0.2) is 28.1 Å². The Labute approximate surface area is 145 Å². The predicted octanol–water partition coefficient (Wildman–Crippen LogP) is 3.78. The van der Waals surface area contributed by atoms with E-state index < -0.39 is 17.5 Å². The van der Waals surface area contributed by atoms with Crippen LogP contribution in [0.25, 0.3) is 0 Å². The van der Waals surface area contributed by atoms with Gasteiger partial charge in [-0.1, -0.05) is 24.6 Å². The Morgan fingerprint density at radius 2 is 1.88 bits per heavy atom. The molecule has 1 heterocycles. The molecule has 2 unspecified atom stereocenters. The molecule has 6 heteroatoms. The lowest BCUT2D eigenvalue weighted by Gasteiger charge is -2.22. The number of esters is 1. The SMILES string of the molecule is C/C1=C\CCC(C)C(C)OC(=O)Cc2c(Cl)c(O)cc(O)c2C1=O. The molecule has 0 spiro atoms. The van der Waals surface area contributed by atoms with Crippen LogP contribution < -0.4 is 0 Å². The number of phenols is 2. The molecular formula is C18H21ClO5. The largest absolute Gasteiger partial charge is 0.507 e. The smallest absolute Gasteiger partial charge is 0.310 e. The van der Waals surface area contributed by atoms with Crippen LogP contribution in [-0.2, 0) is 16.0 Å². The Bertz CT molecular complexity index is 708. The molecule has 2 N–H and O–H groups in total. The summed E-state index contributed by atoms with van der Waals surface area (Å²) in [5, 5.41) is 19.8. The number of phenolic OH excluding ortho intramolecular Hbond substituents is 2. The molecule has 0 amide bonds. The van der Waals surface area contributed by atoms with E-state index in [1.165, 1.54) is 0 Å². The van der Waals surface area contributed by atoms with Crippen molar-refractivity contribution in [1.29, 1.82) is 0 Å². The molecule has 0 radical (unpaired) electrons. The molecule has 0 saturated heterocycles. The fourth-order valence-corrected chi connectivity index (χ4v) is 2.92. The third kappa shape index (κ3) is 3.73. The third-order valence-corrected chi connectivity index (χ3v) is 4.84. The van der Waals surface area contributed by atoms with E-state index in [4.69, 9.17) is 16.3 Å². The summed E-state index contributed by atoms with van der Waals surface area (Å²) < 4.78 is 5.40. The second-order valence-corrected chi connectivity index (χ2v) is 6.60. The number of halogens is 1. The van der Waals surface area contributed by atoms with Gasteiger partial charge in [0, 0.05) is 11.6 Å². The second-order valence-electron chi connectivity index (χ2n) is 6.23. The molecule has 130 valence electrons. The Kier molecular flexibility index (Phi) is 5.54. The highest BCUT2D eigenvalue weighted by Crippen LogP contribution is 2.38. The van der Waals surface area contributed by atoms with Gasteiger partial charge in [-0.05, 0) is 38.2 Å². The number of rotatable bonds is 0. The molecule has 0 aromatic heterocycles. The van der Waals surface area contributed by atoms with Crippen molar-refractivity contribution in [2.24, 2.45) is 5.92 Å². The Hall–Kier alpha value is -2.01. The predicted molar refractivity (Wildman–Crippen MR) is 90.5 cm³/mol. The lowest BCUT2D eigenvalue weighted by molar-refractivity contribution is -0.149. The zero-order valence-corrected chi connectivity index (χ0v) is 14.7. The van der Waals surface area contributed by atoms with E-state index in [1.54, 1.807) is 13.0 Å². The van der Waals surface area contributed by atoms with Gasteiger partial charge in [0.1, 0.15) is 17.6 Å². The Morgan fingerprint density at radius 3 is 2.54 bits per heavy atom. The minimum Gasteiger partial charge on any atom is -0.507 e. The topological polar surface area (TPSA) is 83.8 Å². The fraction of sp³-hybridized carbons (Fsp3) is 0.444. The number of allylic oxidation sites excluding steroid dienone is 2. The lowest BCUT2D eigenvalue weighted by Crippen LogP contribution is -2.24. The maximum Gasteiger partial charge on any atom is 0.310 e. The number of ether oxygens (including phenoxy) is 1. The van der Waals surface area contributed by atoms with Crippen molar-refractivity contribution in [2.75, 3.05) is 0 Å². The van der Waals surface area contributed by atoms with E-state index >= 15 is 0 Å². The summed E-state index contributed by atoms with van der Waals surface area (Å²) >= 11 is 6.08. The zero-order valence-electron chi connectivity index (χ0n) is 13.9. The van der Waals surface area contributed by atoms with E-state index in [-0.39, 0.29) is 40.3 Å². The molecule has 5 nitrogen and oxygen atoms in total. The number of hydrogen-bond acceptors (Lipinski definition) is 5. The quantitative estimate of drug-likeness (QED) is 0.694. The monoisotopic (exact) mass is 352 g/mol. The number of Topliss-reactive ketones (excluding diaryl/α,β-unsaturated/α-hetero) is 1. The number of aromatic hydroxyl groups is 2. The Morgan fingerprint density at radius 1 is 1.21 bits per heavy atom. The van der Waals surface area contributed by atoms with Gasteiger partial charge in [0.2, 0.25) is 0 Å². The van der Waals surface area contributed by atoms with Crippen molar-refractivity contribution in [2.45, 2.75) is 46.1 Å². The molecule has 0 bridgehead atoms. The van der Waals surface area contributed by atoms with Gasteiger partial charge in [0.05, 0.1) is 17.0 Å². The molecular weight excluding hydrogens is 332 g/mol. The summed E-state index contributed by atoms with van der Waals surface area (Å²) in [5.74, 6) is -1.63. The average molecular weight is 353 g/mol. The van der Waals surface area contributed by atoms with Gasteiger partial charge in [0.15, 0.2) is 5.78 Å². The summed E-state index contributed by atoms with van der Waals surface area (Å²) in [6, 6.07) is 1.01. The van der Waals surface area contributed by atoms with E-state index in [1.807, 2.05) is 13.8 Å². The van der Waals surface area contributed by atoms with Gasteiger partial charge in [-0.3, -0.25) is 9.59 Å². The molecule has 2 atom stereocenters. The minimum absolute atomic E-state index is 0.0650. The van der Waals surface area contributed by atoms with Crippen LogP contribution >= 0.6 is 11.6 Å². The minimum atomic E-state index is -0.558. The summed E-state index contributed by atoms with van der Waals surface area (Å²) in [5.41, 5.74) is 0.476. The van der Waals surface area contributed by atoms with Crippen LogP contribution in [0.4, 0.5) is 0 Å². The molecule has 0 fully saturated rings. The summed E-state index contributed by atoms with van der Waals surface area (Å²) in [4.78, 5) is 24.9. The first kappa shape index (κ1) is 18.3. The number of hydrogen-bond donors (Lipinski definition) is 2. The van der Waals surface area contributed by atoms with Crippen molar-refractivity contribution >= 4 is 23.4 Å². The highest BCUT2D eigenvalue weighted by atomic mass is 35.5. The van der Waals surface area contributed by atoms with Gasteiger partial charge in [-0.2, -0.15) is 0 Å². The number of benzene rings is 1. The first-order chi connectivity index (χ1) is 11.2. The third-order valence-electron chi connectivity index (χ3n) is 4.42. The summed E-state index contributed by atoms with van der Waals surface area (Å²) in [7, 11) is 0. The average Bonchev–Trinajstić information content (AvgIpc) is 2.50. The molecule has 1 aromatic carbocycles. The van der Waals surface area contributed by atoms with Gasteiger partial charge in [-0.25, -0.2) is 0 Å². The highest BCUT2D eigenvalue weighted by molar-refractivity contribution is 6.34. The number of ketones is 1. The summed E-state index contributed by atoms with van der Waals surface area (Å²) in [6.07, 6.45) is 2.65. The van der Waals surface area contributed by atoms with Crippen molar-refractivity contribution < 1.29 is 24.5 Å². The molecule has 1 aromatic rings. The first-order valence-electron chi connectivity index (χ1n) is 7.86. The number of fused-ring (bicyclic) bond motifs is 1. The lowest BCUT2D eigenvalue weighted by atomic mass is 9.93. The van der Waals surface area contributed by atoms with Crippen LogP contribution in [0, 0.1) is 5.92 Å². The van der Waals surface area contributed by atoms with E-state index in [9.17, 15) is 19.8 Å². The highest BCUT2D eigenvalue weighted by Gasteiger charge is 2.27. The van der Waals surface area contributed by atoms with Crippen molar-refractivity contribution in [3.8, 4) is 11.5 Å². The molecule has 24 heavy (non-hydrogen) atoms. The van der Waals surface area contributed by atoms with Crippen LogP contribution in [0.1, 0.15) is 49.5 Å². The number of cyclic esters (lactones) is 1. The van der Waals surface area contributed by atoms with Crippen LogP contribution in [0.2, 0.25) is 5.02 Å². The van der Waals surface area contributed by atoms with Crippen LogP contribution in [0.3, 0.4) is 0 Å². The molecule has 1 aliphatic rings. The maximum atomic E-state index is 12.7.